The lowest BCUT2D eigenvalue weighted by Crippen LogP contribution is -2.34. The van der Waals surface area contributed by atoms with Crippen LogP contribution in [0, 0.1) is 18.8 Å². The molecular formula is C15H15Br2NO2. The standard InChI is InChI=1S/C15H15Br2NO2/c1-8-4-2-3-5-13(8)18-14(19)9-6-11(16)12(17)7-10(9)15(18)20/h2-5,9-12H,6-7H2,1H3. The van der Waals surface area contributed by atoms with Gasteiger partial charge in [0.15, 0.2) is 0 Å². The molecule has 1 saturated carbocycles. The number of nitrogens with zero attached hydrogens (tertiary/aromatic N) is 1. The van der Waals surface area contributed by atoms with Gasteiger partial charge in [-0.25, -0.2) is 4.90 Å². The number of benzene rings is 1. The summed E-state index contributed by atoms with van der Waals surface area (Å²) >= 11 is 7.20. The minimum absolute atomic E-state index is 0.0434. The highest BCUT2D eigenvalue weighted by atomic mass is 79.9. The van der Waals surface area contributed by atoms with E-state index in [1.54, 1.807) is 0 Å². The normalized spacial score (nSPS) is 33.5. The van der Waals surface area contributed by atoms with Gasteiger partial charge in [0, 0.05) is 9.65 Å². The summed E-state index contributed by atoms with van der Waals surface area (Å²) < 4.78 is 0. The van der Waals surface area contributed by atoms with Crippen molar-refractivity contribution in [1.82, 2.24) is 0 Å². The number of rotatable bonds is 1. The van der Waals surface area contributed by atoms with Crippen LogP contribution in [0.5, 0.6) is 0 Å². The monoisotopic (exact) mass is 399 g/mol. The summed E-state index contributed by atoms with van der Waals surface area (Å²) in [5, 5.41) is 0. The van der Waals surface area contributed by atoms with Crippen molar-refractivity contribution in [2.75, 3.05) is 4.90 Å². The van der Waals surface area contributed by atoms with Gasteiger partial charge in [0.1, 0.15) is 0 Å². The van der Waals surface area contributed by atoms with Crippen molar-refractivity contribution in [3.05, 3.63) is 29.8 Å². The Balaban J connectivity index is 1.97. The van der Waals surface area contributed by atoms with E-state index in [0.717, 1.165) is 11.3 Å². The summed E-state index contributed by atoms with van der Waals surface area (Å²) in [5.41, 5.74) is 1.69. The van der Waals surface area contributed by atoms with Gasteiger partial charge in [-0.05, 0) is 31.4 Å². The highest BCUT2D eigenvalue weighted by Gasteiger charge is 2.52. The Morgan fingerprint density at radius 1 is 1.00 bits per heavy atom. The Hall–Kier alpha value is -0.680. The smallest absolute Gasteiger partial charge is 0.237 e. The first-order valence-corrected chi connectivity index (χ1v) is 8.55. The van der Waals surface area contributed by atoms with E-state index in [0.29, 0.717) is 12.8 Å². The third-order valence-corrected chi connectivity index (χ3v) is 7.00. The third-order valence-electron chi connectivity index (χ3n) is 4.27. The van der Waals surface area contributed by atoms with Crippen LogP contribution in [-0.4, -0.2) is 21.5 Å². The lowest BCUT2D eigenvalue weighted by molar-refractivity contribution is -0.122. The molecule has 0 aromatic heterocycles. The maximum Gasteiger partial charge on any atom is 0.237 e. The molecule has 4 unspecified atom stereocenters. The molecular weight excluding hydrogens is 386 g/mol. The van der Waals surface area contributed by atoms with Crippen LogP contribution in [0.15, 0.2) is 24.3 Å². The predicted molar refractivity (Wildman–Crippen MR) is 85.3 cm³/mol. The number of alkyl halides is 2. The zero-order valence-corrected chi connectivity index (χ0v) is 14.2. The molecule has 2 amide bonds. The zero-order valence-electron chi connectivity index (χ0n) is 11.1. The van der Waals surface area contributed by atoms with E-state index in [1.165, 1.54) is 4.90 Å². The summed E-state index contributed by atoms with van der Waals surface area (Å²) in [7, 11) is 0. The first-order valence-electron chi connectivity index (χ1n) is 6.72. The van der Waals surface area contributed by atoms with Crippen LogP contribution >= 0.6 is 31.9 Å². The first kappa shape index (κ1) is 14.3. The molecule has 0 radical (unpaired) electrons. The van der Waals surface area contributed by atoms with Crippen molar-refractivity contribution in [2.24, 2.45) is 11.8 Å². The van der Waals surface area contributed by atoms with E-state index in [2.05, 4.69) is 31.9 Å². The van der Waals surface area contributed by atoms with Gasteiger partial charge in [-0.2, -0.15) is 0 Å². The SMILES string of the molecule is Cc1ccccc1N1C(=O)C2CC(Br)C(Br)CC2C1=O. The number of para-hydroxylation sites is 1. The van der Waals surface area contributed by atoms with Crippen molar-refractivity contribution < 1.29 is 9.59 Å². The Kier molecular flexibility index (Phi) is 3.75. The predicted octanol–water partition coefficient (Wildman–Crippen LogP) is 3.42. The maximum absolute atomic E-state index is 12.6. The fourth-order valence-electron chi connectivity index (χ4n) is 3.15. The lowest BCUT2D eigenvalue weighted by Gasteiger charge is -2.29. The van der Waals surface area contributed by atoms with Crippen LogP contribution in [-0.2, 0) is 9.59 Å². The molecule has 4 atom stereocenters. The van der Waals surface area contributed by atoms with Gasteiger partial charge < -0.3 is 0 Å². The Morgan fingerprint density at radius 3 is 2.00 bits per heavy atom. The summed E-state index contributed by atoms with van der Waals surface area (Å²) in [6.07, 6.45) is 1.43. The van der Waals surface area contributed by atoms with Crippen molar-refractivity contribution in [1.29, 1.82) is 0 Å². The van der Waals surface area contributed by atoms with Crippen LogP contribution < -0.4 is 4.90 Å². The second kappa shape index (κ2) is 5.26. The fraction of sp³-hybridized carbons (Fsp3) is 0.467. The van der Waals surface area contributed by atoms with Gasteiger partial charge in [-0.3, -0.25) is 9.59 Å². The molecule has 2 fully saturated rings. The van der Waals surface area contributed by atoms with Gasteiger partial charge in [0.2, 0.25) is 11.8 Å². The quantitative estimate of drug-likeness (QED) is 0.535. The molecule has 0 N–H and O–H groups in total. The number of carbonyl (C=O) groups excluding carboxylic acids is 2. The van der Waals surface area contributed by atoms with Crippen LogP contribution in [0.25, 0.3) is 0 Å². The number of hydrogen-bond acceptors (Lipinski definition) is 2. The second-order valence-electron chi connectivity index (χ2n) is 5.51. The van der Waals surface area contributed by atoms with Crippen LogP contribution in [0.1, 0.15) is 18.4 Å². The van der Waals surface area contributed by atoms with Crippen LogP contribution in [0.4, 0.5) is 5.69 Å². The van der Waals surface area contributed by atoms with E-state index < -0.39 is 0 Å². The number of aryl methyl sites for hydroxylation is 1. The molecule has 2 aliphatic rings. The Bertz CT molecular complexity index is 547. The van der Waals surface area contributed by atoms with E-state index in [9.17, 15) is 9.59 Å². The van der Waals surface area contributed by atoms with Crippen molar-refractivity contribution in [3.8, 4) is 0 Å². The summed E-state index contributed by atoms with van der Waals surface area (Å²) in [6.45, 7) is 1.93. The van der Waals surface area contributed by atoms with Gasteiger partial charge in [0.25, 0.3) is 0 Å². The van der Waals surface area contributed by atoms with E-state index in [-0.39, 0.29) is 33.3 Å². The van der Waals surface area contributed by atoms with E-state index >= 15 is 0 Å². The molecule has 20 heavy (non-hydrogen) atoms. The number of halogens is 2. The number of carbonyl (C=O) groups is 2. The lowest BCUT2D eigenvalue weighted by atomic mass is 9.81. The van der Waals surface area contributed by atoms with Crippen LogP contribution in [0.2, 0.25) is 0 Å². The number of amides is 2. The molecule has 1 aromatic carbocycles. The molecule has 1 saturated heterocycles. The molecule has 3 nitrogen and oxygen atoms in total. The highest BCUT2D eigenvalue weighted by molar-refractivity contribution is 9.12. The van der Waals surface area contributed by atoms with Gasteiger partial charge >= 0.3 is 0 Å². The van der Waals surface area contributed by atoms with Gasteiger partial charge in [-0.15, -0.1) is 0 Å². The summed E-state index contributed by atoms with van der Waals surface area (Å²) in [4.78, 5) is 27.1. The minimum Gasteiger partial charge on any atom is -0.274 e. The first-order chi connectivity index (χ1) is 9.50. The Labute approximate surface area is 135 Å². The van der Waals surface area contributed by atoms with Gasteiger partial charge in [0.05, 0.1) is 17.5 Å². The number of anilines is 1. The number of hydrogen-bond donors (Lipinski definition) is 0. The van der Waals surface area contributed by atoms with Crippen molar-refractivity contribution in [2.45, 2.75) is 29.4 Å². The van der Waals surface area contributed by atoms with Crippen molar-refractivity contribution in [3.63, 3.8) is 0 Å². The molecule has 5 heteroatoms. The summed E-state index contributed by atoms with van der Waals surface area (Å²) in [6, 6.07) is 7.56. The molecule has 106 valence electrons. The van der Waals surface area contributed by atoms with E-state index in [4.69, 9.17) is 0 Å². The topological polar surface area (TPSA) is 37.4 Å². The highest BCUT2D eigenvalue weighted by Crippen LogP contribution is 2.44. The molecule has 0 bridgehead atoms. The summed E-state index contributed by atoms with van der Waals surface area (Å²) in [5.74, 6) is -0.447. The molecule has 1 heterocycles. The molecule has 1 aliphatic carbocycles. The third kappa shape index (κ3) is 2.15. The average molecular weight is 401 g/mol. The molecule has 1 aromatic rings. The minimum atomic E-state index is -0.180. The van der Waals surface area contributed by atoms with Crippen molar-refractivity contribution >= 4 is 49.4 Å². The van der Waals surface area contributed by atoms with Crippen LogP contribution in [0.3, 0.4) is 0 Å². The fourth-order valence-corrected chi connectivity index (χ4v) is 4.38. The number of imide groups is 1. The van der Waals surface area contributed by atoms with Gasteiger partial charge in [-0.1, -0.05) is 50.1 Å². The van der Waals surface area contributed by atoms with E-state index in [1.807, 2.05) is 31.2 Å². The average Bonchev–Trinajstić information content (AvgIpc) is 2.64. The zero-order chi connectivity index (χ0) is 14.4. The molecule has 3 rings (SSSR count). The number of fused-ring (bicyclic) bond motifs is 1. The molecule has 0 spiro atoms. The largest absolute Gasteiger partial charge is 0.274 e. The maximum atomic E-state index is 12.6. The Morgan fingerprint density at radius 2 is 1.50 bits per heavy atom. The molecule has 1 aliphatic heterocycles. The second-order valence-corrected chi connectivity index (χ2v) is 7.87.